The van der Waals surface area contributed by atoms with Crippen LogP contribution in [-0.4, -0.2) is 20.9 Å². The number of nitrogens with one attached hydrogen (secondary N) is 1. The molecule has 1 atom stereocenters. The van der Waals surface area contributed by atoms with Gasteiger partial charge in [0.1, 0.15) is 5.75 Å². The normalized spacial score (nSPS) is 12.0. The number of aryl methyl sites for hydroxylation is 1. The average molecular weight is 563 g/mol. The first-order valence-corrected chi connectivity index (χ1v) is 14.5. The Balaban J connectivity index is 1.70. The zero-order chi connectivity index (χ0) is 28.0. The quantitative estimate of drug-likeness (QED) is 0.227. The summed E-state index contributed by atoms with van der Waals surface area (Å²) in [6.07, 6.45) is 0. The molecule has 0 unspecified atom stereocenters. The van der Waals surface area contributed by atoms with E-state index in [1.165, 1.54) is 4.31 Å². The maximum Gasteiger partial charge on any atom is 0.264 e. The molecule has 0 aliphatic rings. The zero-order valence-corrected chi connectivity index (χ0v) is 23.7. The number of nitrogens with zero attached hydrogens (tertiary/aromatic N) is 1. The van der Waals surface area contributed by atoms with E-state index in [1.54, 1.807) is 72.8 Å². The van der Waals surface area contributed by atoms with Gasteiger partial charge >= 0.3 is 0 Å². The number of para-hydroxylation sites is 1. The zero-order valence-electron chi connectivity index (χ0n) is 22.1. The van der Waals surface area contributed by atoms with Crippen molar-refractivity contribution < 1.29 is 17.9 Å². The minimum atomic E-state index is -4.02. The van der Waals surface area contributed by atoms with Crippen LogP contribution in [0.25, 0.3) is 0 Å². The minimum absolute atomic E-state index is 0.0200. The maximum absolute atomic E-state index is 14.0. The second-order valence-electron chi connectivity index (χ2n) is 9.17. The largest absolute Gasteiger partial charge is 0.494 e. The Morgan fingerprint density at radius 3 is 2.21 bits per heavy atom. The first kappa shape index (κ1) is 28.2. The standard InChI is InChI=1S/C31H31ClN2O4S/c1-4-38-27-17-13-25(14-18-27)23(3)33-31(35)29-7-5-6-8-30(29)34(21-24-11-15-26(32)16-12-24)39(36,37)28-19-9-22(2)10-20-28/h5-20,23H,4,21H2,1-3H3,(H,33,35)/t23-/m0/s1. The second-order valence-corrected chi connectivity index (χ2v) is 11.5. The molecule has 1 amide bonds. The average Bonchev–Trinajstić information content (AvgIpc) is 2.93. The third-order valence-electron chi connectivity index (χ3n) is 6.30. The molecule has 0 saturated heterocycles. The molecular weight excluding hydrogens is 532 g/mol. The van der Waals surface area contributed by atoms with Gasteiger partial charge in [-0.2, -0.15) is 0 Å². The van der Waals surface area contributed by atoms with Gasteiger partial charge < -0.3 is 10.1 Å². The van der Waals surface area contributed by atoms with E-state index in [1.807, 2.05) is 45.0 Å². The van der Waals surface area contributed by atoms with Crippen LogP contribution < -0.4 is 14.4 Å². The SMILES string of the molecule is CCOc1ccc([C@H](C)NC(=O)c2ccccc2N(Cc2ccc(Cl)cc2)S(=O)(=O)c2ccc(C)cc2)cc1. The Morgan fingerprint density at radius 1 is 0.923 bits per heavy atom. The molecule has 0 spiro atoms. The fourth-order valence-corrected chi connectivity index (χ4v) is 5.75. The predicted octanol–water partition coefficient (Wildman–Crippen LogP) is 6.93. The Labute approximate surface area is 235 Å². The van der Waals surface area contributed by atoms with E-state index in [2.05, 4.69) is 5.32 Å². The molecule has 8 heteroatoms. The molecule has 0 aliphatic heterocycles. The number of ether oxygens (including phenoxy) is 1. The summed E-state index contributed by atoms with van der Waals surface area (Å²) in [5.41, 5.74) is 3.10. The van der Waals surface area contributed by atoms with E-state index in [-0.39, 0.29) is 34.6 Å². The highest BCUT2D eigenvalue weighted by molar-refractivity contribution is 7.92. The number of halogens is 1. The van der Waals surface area contributed by atoms with Crippen molar-refractivity contribution >= 4 is 33.2 Å². The molecule has 0 radical (unpaired) electrons. The summed E-state index contributed by atoms with van der Waals surface area (Å²) in [6.45, 7) is 6.29. The fourth-order valence-electron chi connectivity index (χ4n) is 4.15. The van der Waals surface area contributed by atoms with Crippen molar-refractivity contribution in [2.24, 2.45) is 0 Å². The summed E-state index contributed by atoms with van der Waals surface area (Å²) in [4.78, 5) is 13.7. The summed E-state index contributed by atoms with van der Waals surface area (Å²) in [6, 6.07) is 27.6. The Hall–Kier alpha value is -3.81. The lowest BCUT2D eigenvalue weighted by molar-refractivity contribution is 0.0940. The third kappa shape index (κ3) is 6.80. The van der Waals surface area contributed by atoms with Crippen LogP contribution in [0.4, 0.5) is 5.69 Å². The number of hydrogen-bond acceptors (Lipinski definition) is 4. The molecule has 1 N–H and O–H groups in total. The minimum Gasteiger partial charge on any atom is -0.494 e. The van der Waals surface area contributed by atoms with Gasteiger partial charge in [0.2, 0.25) is 0 Å². The molecule has 4 aromatic rings. The van der Waals surface area contributed by atoms with Crippen LogP contribution in [0.2, 0.25) is 5.02 Å². The van der Waals surface area contributed by atoms with Crippen molar-refractivity contribution in [2.45, 2.75) is 38.3 Å². The number of amides is 1. The summed E-state index contributed by atoms with van der Waals surface area (Å²) in [5.74, 6) is 0.372. The molecule has 39 heavy (non-hydrogen) atoms. The molecule has 6 nitrogen and oxygen atoms in total. The summed E-state index contributed by atoms with van der Waals surface area (Å²) in [7, 11) is -4.02. The van der Waals surface area contributed by atoms with Crippen LogP contribution in [0.15, 0.2) is 102 Å². The van der Waals surface area contributed by atoms with Crippen molar-refractivity contribution in [1.29, 1.82) is 0 Å². The van der Waals surface area contributed by atoms with Gasteiger partial charge in [0, 0.05) is 5.02 Å². The van der Waals surface area contributed by atoms with E-state index >= 15 is 0 Å². The van der Waals surface area contributed by atoms with Gasteiger partial charge in [-0.25, -0.2) is 8.42 Å². The van der Waals surface area contributed by atoms with E-state index in [0.29, 0.717) is 11.6 Å². The lowest BCUT2D eigenvalue weighted by Crippen LogP contribution is -2.34. The first-order valence-electron chi connectivity index (χ1n) is 12.7. The van der Waals surface area contributed by atoms with Crippen LogP contribution in [-0.2, 0) is 16.6 Å². The molecule has 0 fully saturated rings. The first-order chi connectivity index (χ1) is 18.7. The third-order valence-corrected chi connectivity index (χ3v) is 8.33. The number of anilines is 1. The van der Waals surface area contributed by atoms with E-state index in [4.69, 9.17) is 16.3 Å². The summed E-state index contributed by atoms with van der Waals surface area (Å²) in [5, 5.41) is 3.56. The number of carbonyl (C=O) groups is 1. The summed E-state index contributed by atoms with van der Waals surface area (Å²) < 4.78 is 34.7. The molecule has 4 rings (SSSR count). The molecular formula is C31H31ClN2O4S. The smallest absolute Gasteiger partial charge is 0.264 e. The van der Waals surface area contributed by atoms with Gasteiger partial charge in [0.25, 0.3) is 15.9 Å². The predicted molar refractivity (Wildman–Crippen MR) is 156 cm³/mol. The van der Waals surface area contributed by atoms with Crippen molar-refractivity contribution in [3.05, 3.63) is 124 Å². The van der Waals surface area contributed by atoms with Gasteiger partial charge in [-0.1, -0.05) is 65.7 Å². The number of benzene rings is 4. The number of sulfonamides is 1. The van der Waals surface area contributed by atoms with Crippen molar-refractivity contribution in [3.63, 3.8) is 0 Å². The van der Waals surface area contributed by atoms with Crippen LogP contribution >= 0.6 is 11.6 Å². The van der Waals surface area contributed by atoms with Gasteiger partial charge in [-0.05, 0) is 80.4 Å². The number of rotatable bonds is 10. The molecule has 0 saturated carbocycles. The Bertz CT molecular complexity index is 1520. The van der Waals surface area contributed by atoms with E-state index in [0.717, 1.165) is 22.4 Å². The van der Waals surface area contributed by atoms with E-state index in [9.17, 15) is 13.2 Å². The molecule has 0 heterocycles. The van der Waals surface area contributed by atoms with Crippen molar-refractivity contribution in [1.82, 2.24) is 5.32 Å². The highest BCUT2D eigenvalue weighted by Gasteiger charge is 2.29. The van der Waals surface area contributed by atoms with Gasteiger partial charge in [0.15, 0.2) is 0 Å². The summed E-state index contributed by atoms with van der Waals surface area (Å²) >= 11 is 6.06. The van der Waals surface area contributed by atoms with Gasteiger partial charge in [0.05, 0.1) is 35.3 Å². The lowest BCUT2D eigenvalue weighted by atomic mass is 10.1. The van der Waals surface area contributed by atoms with Crippen molar-refractivity contribution in [3.8, 4) is 5.75 Å². The van der Waals surface area contributed by atoms with Crippen LogP contribution in [0.3, 0.4) is 0 Å². The van der Waals surface area contributed by atoms with Crippen LogP contribution in [0.1, 0.15) is 46.9 Å². The number of hydrogen-bond donors (Lipinski definition) is 1. The Kier molecular flexibility index (Phi) is 8.94. The highest BCUT2D eigenvalue weighted by atomic mass is 35.5. The molecule has 0 aromatic heterocycles. The lowest BCUT2D eigenvalue weighted by Gasteiger charge is -2.27. The highest BCUT2D eigenvalue weighted by Crippen LogP contribution is 2.30. The topological polar surface area (TPSA) is 75.7 Å². The molecule has 4 aromatic carbocycles. The molecule has 0 aliphatic carbocycles. The van der Waals surface area contributed by atoms with Gasteiger partial charge in [-0.15, -0.1) is 0 Å². The van der Waals surface area contributed by atoms with Crippen LogP contribution in [0.5, 0.6) is 5.75 Å². The van der Waals surface area contributed by atoms with Gasteiger partial charge in [-0.3, -0.25) is 9.10 Å². The fraction of sp³-hybridized carbons (Fsp3) is 0.194. The van der Waals surface area contributed by atoms with E-state index < -0.39 is 10.0 Å². The Morgan fingerprint density at radius 2 is 1.56 bits per heavy atom. The second kappa shape index (κ2) is 12.4. The number of carbonyl (C=O) groups excluding carboxylic acids is 1. The molecule has 202 valence electrons. The maximum atomic E-state index is 14.0. The molecule has 0 bridgehead atoms. The van der Waals surface area contributed by atoms with Crippen molar-refractivity contribution in [2.75, 3.05) is 10.9 Å². The monoisotopic (exact) mass is 562 g/mol. The van der Waals surface area contributed by atoms with Crippen LogP contribution in [0, 0.1) is 6.92 Å².